The van der Waals surface area contributed by atoms with Crippen molar-refractivity contribution in [2.75, 3.05) is 7.05 Å². The summed E-state index contributed by atoms with van der Waals surface area (Å²) in [5.41, 5.74) is -0.485. The molecule has 0 spiro atoms. The van der Waals surface area contributed by atoms with Gasteiger partial charge in [-0.2, -0.15) is 4.31 Å². The second-order valence-corrected chi connectivity index (χ2v) is 6.54. The third kappa shape index (κ3) is 2.61. The molecule has 0 saturated heterocycles. The maximum Gasteiger partial charge on any atom is 0.246 e. The number of nitrogens with zero attached hydrogens (tertiary/aromatic N) is 1. The van der Waals surface area contributed by atoms with Crippen LogP contribution in [0.5, 0.6) is 5.75 Å². The molecule has 0 unspecified atom stereocenters. The predicted molar refractivity (Wildman–Crippen MR) is 67.4 cm³/mol. The normalized spacial score (nSPS) is 13.0. The van der Waals surface area contributed by atoms with Crippen LogP contribution in [0.15, 0.2) is 29.2 Å². The minimum Gasteiger partial charge on any atom is -0.507 e. The maximum absolute atomic E-state index is 12.3. The van der Waals surface area contributed by atoms with Gasteiger partial charge in [0.05, 0.1) is 0 Å². The van der Waals surface area contributed by atoms with E-state index < -0.39 is 15.6 Å². The Bertz CT molecular complexity index is 494. The van der Waals surface area contributed by atoms with Crippen molar-refractivity contribution in [3.8, 4) is 5.75 Å². The lowest BCUT2D eigenvalue weighted by atomic mass is 10.0. The van der Waals surface area contributed by atoms with Gasteiger partial charge in [-0.3, -0.25) is 0 Å². The summed E-state index contributed by atoms with van der Waals surface area (Å²) in [6.45, 7) is 5.63. The van der Waals surface area contributed by atoms with Crippen LogP contribution < -0.4 is 0 Å². The molecule has 0 aliphatic rings. The van der Waals surface area contributed by atoms with Crippen LogP contribution in [0.2, 0.25) is 0 Å². The molecule has 0 aliphatic carbocycles. The Hall–Kier alpha value is -1.07. The highest BCUT2D eigenvalue weighted by Gasteiger charge is 2.33. The van der Waals surface area contributed by atoms with E-state index in [1.165, 1.54) is 23.5 Å². The van der Waals surface area contributed by atoms with E-state index in [4.69, 9.17) is 0 Å². The van der Waals surface area contributed by atoms with Crippen LogP contribution in [0.1, 0.15) is 27.2 Å². The number of rotatable bonds is 4. The van der Waals surface area contributed by atoms with E-state index >= 15 is 0 Å². The predicted octanol–water partition coefficient (Wildman–Crippen LogP) is 2.20. The average Bonchev–Trinajstić information content (AvgIpc) is 2.28. The van der Waals surface area contributed by atoms with E-state index in [1.807, 2.05) is 20.8 Å². The molecule has 0 radical (unpaired) electrons. The van der Waals surface area contributed by atoms with Crippen molar-refractivity contribution in [1.29, 1.82) is 0 Å². The fourth-order valence-electron chi connectivity index (χ4n) is 1.37. The van der Waals surface area contributed by atoms with E-state index in [9.17, 15) is 13.5 Å². The highest BCUT2D eigenvalue weighted by molar-refractivity contribution is 7.89. The first-order valence-electron chi connectivity index (χ1n) is 5.50. The lowest BCUT2D eigenvalue weighted by Gasteiger charge is -2.33. The van der Waals surface area contributed by atoms with Gasteiger partial charge in [-0.1, -0.05) is 19.1 Å². The van der Waals surface area contributed by atoms with Crippen molar-refractivity contribution in [1.82, 2.24) is 4.31 Å². The molecule has 1 aromatic rings. The third-order valence-electron chi connectivity index (χ3n) is 3.22. The minimum atomic E-state index is -3.66. The van der Waals surface area contributed by atoms with Crippen molar-refractivity contribution in [3.63, 3.8) is 0 Å². The molecule has 5 heteroatoms. The number of benzene rings is 1. The molecule has 96 valence electrons. The quantitative estimate of drug-likeness (QED) is 0.899. The smallest absolute Gasteiger partial charge is 0.246 e. The Morgan fingerprint density at radius 2 is 1.82 bits per heavy atom. The average molecular weight is 257 g/mol. The van der Waals surface area contributed by atoms with Crippen molar-refractivity contribution < 1.29 is 13.5 Å². The van der Waals surface area contributed by atoms with E-state index in [1.54, 1.807) is 12.1 Å². The number of sulfonamides is 1. The standard InChI is InChI=1S/C12H19NO3S/c1-5-12(2,3)13(4)17(15,16)11-9-7-6-8-10(11)14/h6-9,14H,5H2,1-4H3. The van der Waals surface area contributed by atoms with Crippen molar-refractivity contribution in [2.24, 2.45) is 0 Å². The number of phenolic OH excluding ortho intramolecular Hbond substituents is 1. The summed E-state index contributed by atoms with van der Waals surface area (Å²) in [7, 11) is -2.12. The Morgan fingerprint density at radius 3 is 2.29 bits per heavy atom. The van der Waals surface area contributed by atoms with Crippen LogP contribution >= 0.6 is 0 Å². The van der Waals surface area contributed by atoms with E-state index in [-0.39, 0.29) is 10.6 Å². The molecule has 4 nitrogen and oxygen atoms in total. The van der Waals surface area contributed by atoms with E-state index in [2.05, 4.69) is 0 Å². The first-order valence-corrected chi connectivity index (χ1v) is 6.94. The lowest BCUT2D eigenvalue weighted by Crippen LogP contribution is -2.44. The van der Waals surface area contributed by atoms with E-state index in [0.717, 1.165) is 0 Å². The fraction of sp³-hybridized carbons (Fsp3) is 0.500. The van der Waals surface area contributed by atoms with Gasteiger partial charge in [0.1, 0.15) is 10.6 Å². The molecule has 0 fully saturated rings. The summed E-state index contributed by atoms with van der Waals surface area (Å²) in [5, 5.41) is 9.63. The van der Waals surface area contributed by atoms with Gasteiger partial charge in [-0.15, -0.1) is 0 Å². The largest absolute Gasteiger partial charge is 0.507 e. The summed E-state index contributed by atoms with van der Waals surface area (Å²) in [6, 6.07) is 5.98. The Morgan fingerprint density at radius 1 is 1.29 bits per heavy atom. The first-order chi connectivity index (χ1) is 7.73. The van der Waals surface area contributed by atoms with Crippen LogP contribution in [0.25, 0.3) is 0 Å². The second-order valence-electron chi connectivity index (χ2n) is 4.61. The second kappa shape index (κ2) is 4.66. The molecule has 1 aromatic carbocycles. The van der Waals surface area contributed by atoms with Gasteiger partial charge < -0.3 is 5.11 Å². The molecule has 0 heterocycles. The van der Waals surface area contributed by atoms with Gasteiger partial charge in [0.2, 0.25) is 10.0 Å². The molecule has 1 N–H and O–H groups in total. The van der Waals surface area contributed by atoms with Gasteiger partial charge >= 0.3 is 0 Å². The Kier molecular flexibility index (Phi) is 3.84. The van der Waals surface area contributed by atoms with Crippen LogP contribution in [0.4, 0.5) is 0 Å². The fourth-order valence-corrected chi connectivity index (χ4v) is 3.03. The topological polar surface area (TPSA) is 57.6 Å². The number of hydrogen-bond donors (Lipinski definition) is 1. The molecule has 0 aromatic heterocycles. The molecular weight excluding hydrogens is 238 g/mol. The monoisotopic (exact) mass is 257 g/mol. The number of para-hydroxylation sites is 1. The molecule has 0 atom stereocenters. The SMILES string of the molecule is CCC(C)(C)N(C)S(=O)(=O)c1ccccc1O. The van der Waals surface area contributed by atoms with Gasteiger partial charge in [-0.05, 0) is 32.4 Å². The summed E-state index contributed by atoms with van der Waals surface area (Å²) >= 11 is 0. The summed E-state index contributed by atoms with van der Waals surface area (Å²) in [4.78, 5) is -0.0518. The zero-order valence-corrected chi connectivity index (χ0v) is 11.5. The third-order valence-corrected chi connectivity index (χ3v) is 5.34. The first kappa shape index (κ1) is 14.0. The van der Waals surface area contributed by atoms with Gasteiger partial charge in [-0.25, -0.2) is 8.42 Å². The van der Waals surface area contributed by atoms with Gasteiger partial charge in [0.15, 0.2) is 0 Å². The van der Waals surface area contributed by atoms with Crippen LogP contribution in [-0.4, -0.2) is 30.4 Å². The number of phenols is 1. The molecule has 0 aliphatic heterocycles. The molecule has 1 rings (SSSR count). The Labute approximate surface area is 103 Å². The summed E-state index contributed by atoms with van der Waals surface area (Å²) in [5.74, 6) is -0.216. The zero-order chi connectivity index (χ0) is 13.3. The van der Waals surface area contributed by atoms with Crippen LogP contribution in [0, 0.1) is 0 Å². The van der Waals surface area contributed by atoms with Gasteiger partial charge in [0, 0.05) is 12.6 Å². The van der Waals surface area contributed by atoms with Crippen molar-refractivity contribution in [3.05, 3.63) is 24.3 Å². The highest BCUT2D eigenvalue weighted by atomic mass is 32.2. The summed E-state index contributed by atoms with van der Waals surface area (Å²) in [6.07, 6.45) is 0.691. The maximum atomic E-state index is 12.3. The zero-order valence-electron chi connectivity index (χ0n) is 10.6. The summed E-state index contributed by atoms with van der Waals surface area (Å²) < 4.78 is 25.9. The number of hydrogen-bond acceptors (Lipinski definition) is 3. The molecule has 0 saturated carbocycles. The Balaban J connectivity index is 3.26. The molecular formula is C12H19NO3S. The van der Waals surface area contributed by atoms with Crippen LogP contribution in [0.3, 0.4) is 0 Å². The van der Waals surface area contributed by atoms with Crippen molar-refractivity contribution in [2.45, 2.75) is 37.6 Å². The number of aromatic hydroxyl groups is 1. The molecule has 17 heavy (non-hydrogen) atoms. The van der Waals surface area contributed by atoms with Crippen molar-refractivity contribution >= 4 is 10.0 Å². The van der Waals surface area contributed by atoms with Crippen LogP contribution in [-0.2, 0) is 10.0 Å². The minimum absolute atomic E-state index is 0.0518. The highest BCUT2D eigenvalue weighted by Crippen LogP contribution is 2.29. The molecule has 0 amide bonds. The molecule has 0 bridgehead atoms. The lowest BCUT2D eigenvalue weighted by molar-refractivity contribution is 0.256. The van der Waals surface area contributed by atoms with Gasteiger partial charge in [0.25, 0.3) is 0 Å². The van der Waals surface area contributed by atoms with E-state index in [0.29, 0.717) is 6.42 Å².